The van der Waals surface area contributed by atoms with Gasteiger partial charge in [-0.1, -0.05) is 0 Å². The van der Waals surface area contributed by atoms with E-state index in [2.05, 4.69) is 20.6 Å². The molecule has 0 aliphatic rings. The van der Waals surface area contributed by atoms with Crippen LogP contribution in [0, 0.1) is 6.92 Å². The van der Waals surface area contributed by atoms with E-state index in [-0.39, 0.29) is 5.91 Å². The molecule has 1 amide bonds. The molecule has 3 rings (SSSR count). The van der Waals surface area contributed by atoms with Crippen molar-refractivity contribution >= 4 is 23.1 Å². The van der Waals surface area contributed by atoms with Gasteiger partial charge in [-0.2, -0.15) is 0 Å². The lowest BCUT2D eigenvalue weighted by molar-refractivity contribution is 0.102. The molecule has 32 heavy (non-hydrogen) atoms. The smallest absolute Gasteiger partial charge is 0.255 e. The van der Waals surface area contributed by atoms with E-state index < -0.39 is 0 Å². The van der Waals surface area contributed by atoms with Crippen LogP contribution in [0.3, 0.4) is 0 Å². The van der Waals surface area contributed by atoms with E-state index in [9.17, 15) is 4.79 Å². The maximum absolute atomic E-state index is 12.9. The molecule has 2 N–H and O–H groups in total. The molecule has 0 bridgehead atoms. The van der Waals surface area contributed by atoms with Crippen molar-refractivity contribution in [2.24, 2.45) is 0 Å². The van der Waals surface area contributed by atoms with Crippen molar-refractivity contribution in [3.05, 3.63) is 60.0 Å². The maximum Gasteiger partial charge on any atom is 0.255 e. The lowest BCUT2D eigenvalue weighted by Gasteiger charge is -2.17. The van der Waals surface area contributed by atoms with Crippen molar-refractivity contribution in [3.8, 4) is 17.2 Å². The molecule has 1 heterocycles. The lowest BCUT2D eigenvalue weighted by Crippen LogP contribution is -2.13. The average molecular weight is 437 g/mol. The number of nitrogens with one attached hydrogen (secondary N) is 2. The highest BCUT2D eigenvalue weighted by Crippen LogP contribution is 2.39. The minimum Gasteiger partial charge on any atom is -0.490 e. The van der Waals surface area contributed by atoms with Crippen LogP contribution in [0.5, 0.6) is 17.2 Å². The Bertz CT molecular complexity index is 1030. The number of aryl methyl sites for hydroxylation is 1. The van der Waals surface area contributed by atoms with Crippen LogP contribution in [0.4, 0.5) is 17.2 Å². The standard InChI is InChI=1S/C24H28N4O4/c1-5-30-20-13-17(14-21(31-6-2)23(20)32-7-3)24(29)28-19-10-8-18(9-11-19)27-22-12-16(4)25-15-26-22/h8-15H,5-7H2,1-4H3,(H,28,29)(H,25,26,27). The second kappa shape index (κ2) is 11.0. The monoisotopic (exact) mass is 436 g/mol. The van der Waals surface area contributed by atoms with E-state index in [0.717, 1.165) is 11.4 Å². The minimum atomic E-state index is -0.276. The molecule has 0 radical (unpaired) electrons. The summed E-state index contributed by atoms with van der Waals surface area (Å²) in [5.41, 5.74) is 2.79. The van der Waals surface area contributed by atoms with Gasteiger partial charge in [-0.05, 0) is 64.1 Å². The fourth-order valence-corrected chi connectivity index (χ4v) is 3.03. The molecular weight excluding hydrogens is 408 g/mol. The summed E-state index contributed by atoms with van der Waals surface area (Å²) >= 11 is 0. The molecule has 8 nitrogen and oxygen atoms in total. The number of rotatable bonds is 10. The number of aromatic nitrogens is 2. The molecule has 0 aliphatic heterocycles. The Labute approximate surface area is 188 Å². The van der Waals surface area contributed by atoms with Crippen LogP contribution in [0.15, 0.2) is 48.8 Å². The third-order valence-electron chi connectivity index (χ3n) is 4.39. The summed E-state index contributed by atoms with van der Waals surface area (Å²) in [5.74, 6) is 1.89. The average Bonchev–Trinajstić information content (AvgIpc) is 2.77. The number of nitrogens with zero attached hydrogens (tertiary/aromatic N) is 2. The number of anilines is 3. The summed E-state index contributed by atoms with van der Waals surface area (Å²) in [5, 5.41) is 6.11. The van der Waals surface area contributed by atoms with Crippen molar-refractivity contribution in [3.63, 3.8) is 0 Å². The van der Waals surface area contributed by atoms with Gasteiger partial charge < -0.3 is 24.8 Å². The van der Waals surface area contributed by atoms with E-state index in [1.54, 1.807) is 12.1 Å². The van der Waals surface area contributed by atoms with Crippen LogP contribution < -0.4 is 24.8 Å². The van der Waals surface area contributed by atoms with Gasteiger partial charge in [0.15, 0.2) is 11.5 Å². The molecule has 1 aromatic heterocycles. The zero-order valence-corrected chi connectivity index (χ0v) is 18.8. The number of carbonyl (C=O) groups excluding carboxylic acids is 1. The highest BCUT2D eigenvalue weighted by Gasteiger charge is 2.18. The summed E-state index contributed by atoms with van der Waals surface area (Å²) < 4.78 is 17.1. The summed E-state index contributed by atoms with van der Waals surface area (Å²) in [6, 6.07) is 12.5. The Morgan fingerprint density at radius 3 is 2.00 bits per heavy atom. The van der Waals surface area contributed by atoms with Gasteiger partial charge in [0.25, 0.3) is 5.91 Å². The molecule has 0 saturated carbocycles. The number of ether oxygens (including phenoxy) is 3. The fourth-order valence-electron chi connectivity index (χ4n) is 3.03. The Hall–Kier alpha value is -3.81. The summed E-state index contributed by atoms with van der Waals surface area (Å²) in [7, 11) is 0. The van der Waals surface area contributed by atoms with Crippen molar-refractivity contribution < 1.29 is 19.0 Å². The Balaban J connectivity index is 1.77. The zero-order valence-electron chi connectivity index (χ0n) is 18.8. The summed E-state index contributed by atoms with van der Waals surface area (Å²) in [4.78, 5) is 21.2. The highest BCUT2D eigenvalue weighted by molar-refractivity contribution is 6.05. The third-order valence-corrected chi connectivity index (χ3v) is 4.39. The lowest BCUT2D eigenvalue weighted by atomic mass is 10.1. The van der Waals surface area contributed by atoms with Gasteiger partial charge in [0.05, 0.1) is 19.8 Å². The predicted molar refractivity (Wildman–Crippen MR) is 124 cm³/mol. The first-order chi connectivity index (χ1) is 15.5. The topological polar surface area (TPSA) is 94.6 Å². The fraction of sp³-hybridized carbons (Fsp3) is 0.292. The first kappa shape index (κ1) is 22.9. The largest absolute Gasteiger partial charge is 0.490 e. The molecule has 0 saturated heterocycles. The SMILES string of the molecule is CCOc1cc(C(=O)Nc2ccc(Nc3cc(C)ncn3)cc2)cc(OCC)c1OCC. The van der Waals surface area contributed by atoms with Crippen molar-refractivity contribution in [1.29, 1.82) is 0 Å². The van der Waals surface area contributed by atoms with E-state index in [1.165, 1.54) is 6.33 Å². The molecule has 168 valence electrons. The van der Waals surface area contributed by atoms with Crippen LogP contribution in [-0.2, 0) is 0 Å². The number of benzene rings is 2. The number of amides is 1. The third kappa shape index (κ3) is 5.87. The minimum absolute atomic E-state index is 0.276. The quantitative estimate of drug-likeness (QED) is 0.463. The molecule has 0 aliphatic carbocycles. The molecular formula is C24H28N4O4. The van der Waals surface area contributed by atoms with Crippen molar-refractivity contribution in [1.82, 2.24) is 9.97 Å². The van der Waals surface area contributed by atoms with Gasteiger partial charge >= 0.3 is 0 Å². The number of hydrogen-bond donors (Lipinski definition) is 2. The Morgan fingerprint density at radius 2 is 1.44 bits per heavy atom. The van der Waals surface area contributed by atoms with Crippen molar-refractivity contribution in [2.75, 3.05) is 30.5 Å². The van der Waals surface area contributed by atoms with E-state index in [0.29, 0.717) is 54.1 Å². The van der Waals surface area contributed by atoms with Gasteiger partial charge in [0.1, 0.15) is 12.1 Å². The van der Waals surface area contributed by atoms with Crippen LogP contribution in [0.2, 0.25) is 0 Å². The van der Waals surface area contributed by atoms with E-state index >= 15 is 0 Å². The molecule has 8 heteroatoms. The normalized spacial score (nSPS) is 10.4. The molecule has 0 fully saturated rings. The predicted octanol–water partition coefficient (Wildman–Crippen LogP) is 4.98. The van der Waals surface area contributed by atoms with Gasteiger partial charge in [-0.15, -0.1) is 0 Å². The van der Waals surface area contributed by atoms with Gasteiger partial charge in [0, 0.05) is 28.7 Å². The highest BCUT2D eigenvalue weighted by atomic mass is 16.5. The first-order valence-corrected chi connectivity index (χ1v) is 10.6. The second-order valence-corrected chi connectivity index (χ2v) is 6.80. The van der Waals surface area contributed by atoms with Crippen molar-refractivity contribution in [2.45, 2.75) is 27.7 Å². The molecule has 2 aromatic carbocycles. The van der Waals surface area contributed by atoms with Crippen LogP contribution in [-0.4, -0.2) is 35.7 Å². The summed E-state index contributed by atoms with van der Waals surface area (Å²) in [6.07, 6.45) is 1.51. The molecule has 0 atom stereocenters. The van der Waals surface area contributed by atoms with E-state index in [4.69, 9.17) is 14.2 Å². The zero-order chi connectivity index (χ0) is 22.9. The Morgan fingerprint density at radius 1 is 0.844 bits per heavy atom. The molecule has 3 aromatic rings. The molecule has 0 spiro atoms. The van der Waals surface area contributed by atoms with Crippen LogP contribution in [0.25, 0.3) is 0 Å². The summed E-state index contributed by atoms with van der Waals surface area (Å²) in [6.45, 7) is 8.88. The second-order valence-electron chi connectivity index (χ2n) is 6.80. The Kier molecular flexibility index (Phi) is 7.85. The van der Waals surface area contributed by atoms with E-state index in [1.807, 2.05) is 58.0 Å². The van der Waals surface area contributed by atoms with Gasteiger partial charge in [0.2, 0.25) is 5.75 Å². The van der Waals surface area contributed by atoms with Gasteiger partial charge in [-0.25, -0.2) is 9.97 Å². The van der Waals surface area contributed by atoms with Crippen LogP contribution >= 0.6 is 0 Å². The van der Waals surface area contributed by atoms with Crippen LogP contribution in [0.1, 0.15) is 36.8 Å². The number of carbonyl (C=O) groups is 1. The molecule has 0 unspecified atom stereocenters. The number of hydrogen-bond acceptors (Lipinski definition) is 7. The van der Waals surface area contributed by atoms with Gasteiger partial charge in [-0.3, -0.25) is 4.79 Å². The first-order valence-electron chi connectivity index (χ1n) is 10.6. The maximum atomic E-state index is 12.9.